The second kappa shape index (κ2) is 23.2. The van der Waals surface area contributed by atoms with E-state index in [0.29, 0.717) is 0 Å². The van der Waals surface area contributed by atoms with E-state index in [-0.39, 0.29) is 33.3 Å². The van der Waals surface area contributed by atoms with Crippen molar-refractivity contribution >= 4 is 11.8 Å². The SMILES string of the molecule is C[N-]C.C[N-]C.C[N-]CSC1CCC[C@@H]1C.[CH3-].[Hf+4]. The Kier molecular flexibility index (Phi) is 35.4. The van der Waals surface area contributed by atoms with Crippen LogP contribution in [0.4, 0.5) is 0 Å². The summed E-state index contributed by atoms with van der Waals surface area (Å²) < 4.78 is 0. The molecule has 5 heteroatoms. The molecule has 3 nitrogen and oxygen atoms in total. The summed E-state index contributed by atoms with van der Waals surface area (Å²) in [6.07, 6.45) is 4.28. The largest absolute Gasteiger partial charge is 4.00 e. The average molecular weight is 440 g/mol. The predicted octanol–water partition coefficient (Wildman–Crippen LogP) is 4.56. The van der Waals surface area contributed by atoms with E-state index in [2.05, 4.69) is 22.9 Å². The van der Waals surface area contributed by atoms with Crippen molar-refractivity contribution < 1.29 is 25.8 Å². The van der Waals surface area contributed by atoms with Gasteiger partial charge in [-0.3, -0.25) is 0 Å². The summed E-state index contributed by atoms with van der Waals surface area (Å²) in [6, 6.07) is 0. The first-order chi connectivity index (χ1) is 7.67. The normalized spacial score (nSPS) is 20.3. The van der Waals surface area contributed by atoms with Gasteiger partial charge >= 0.3 is 25.8 Å². The maximum atomic E-state index is 4.10. The van der Waals surface area contributed by atoms with Crippen LogP contribution in [0.3, 0.4) is 0 Å². The predicted molar refractivity (Wildman–Crippen MR) is 85.4 cm³/mol. The number of thioether (sulfide) groups is 1. The summed E-state index contributed by atoms with van der Waals surface area (Å²) in [5, 5.41) is 12.0. The van der Waals surface area contributed by atoms with Crippen LogP contribution in [0.5, 0.6) is 0 Å². The summed E-state index contributed by atoms with van der Waals surface area (Å²) in [5.41, 5.74) is 0. The quantitative estimate of drug-likeness (QED) is 0.469. The van der Waals surface area contributed by atoms with Crippen molar-refractivity contribution in [2.75, 3.05) is 41.1 Å². The summed E-state index contributed by atoms with van der Waals surface area (Å²) in [5.74, 6) is 1.93. The third kappa shape index (κ3) is 19.4. The molecule has 1 saturated carbocycles. The average Bonchev–Trinajstić information content (AvgIpc) is 2.63. The van der Waals surface area contributed by atoms with E-state index >= 15 is 0 Å². The van der Waals surface area contributed by atoms with E-state index in [0.717, 1.165) is 17.0 Å². The molecule has 0 aromatic rings. The Morgan fingerprint density at radius 3 is 1.72 bits per heavy atom. The Morgan fingerprint density at radius 2 is 1.44 bits per heavy atom. The second-order valence-electron chi connectivity index (χ2n) is 3.95. The van der Waals surface area contributed by atoms with Gasteiger partial charge in [-0.1, -0.05) is 13.3 Å². The van der Waals surface area contributed by atoms with Crippen LogP contribution in [-0.4, -0.2) is 46.4 Å². The Balaban J connectivity index is -0.000000106. The fraction of sp³-hybridized carbons (Fsp3) is 0.923. The molecule has 0 N–H and O–H groups in total. The van der Waals surface area contributed by atoms with Crippen LogP contribution in [0.1, 0.15) is 26.2 Å². The van der Waals surface area contributed by atoms with Gasteiger partial charge < -0.3 is 23.4 Å². The molecule has 0 aromatic heterocycles. The molecule has 0 spiro atoms. The Bertz CT molecular complexity index is 127. The molecule has 1 aliphatic carbocycles. The fourth-order valence-corrected chi connectivity index (χ4v) is 2.67. The van der Waals surface area contributed by atoms with Crippen molar-refractivity contribution in [1.29, 1.82) is 0 Å². The second-order valence-corrected chi connectivity index (χ2v) is 5.15. The Hall–Kier alpha value is 1.10. The van der Waals surface area contributed by atoms with Gasteiger partial charge in [0, 0.05) is 5.25 Å². The molecule has 0 bridgehead atoms. The van der Waals surface area contributed by atoms with Crippen LogP contribution in [-0.2, 0) is 25.8 Å². The molecule has 2 atom stereocenters. The molecule has 1 rings (SSSR count). The minimum Gasteiger partial charge on any atom is -0.668 e. The summed E-state index contributed by atoms with van der Waals surface area (Å²) in [4.78, 5) is 0. The first-order valence-electron chi connectivity index (χ1n) is 5.80. The van der Waals surface area contributed by atoms with E-state index in [1.807, 2.05) is 18.8 Å². The monoisotopic (exact) mass is 441 g/mol. The first kappa shape index (κ1) is 27.4. The van der Waals surface area contributed by atoms with Crippen molar-refractivity contribution in [3.8, 4) is 0 Å². The number of rotatable bonds is 3. The summed E-state index contributed by atoms with van der Waals surface area (Å²) in [7, 11) is 8.90. The summed E-state index contributed by atoms with van der Waals surface area (Å²) in [6.45, 7) is 2.36. The van der Waals surface area contributed by atoms with Crippen molar-refractivity contribution in [2.24, 2.45) is 5.92 Å². The molecule has 0 amide bonds. The standard InChI is InChI=1S/C8H16NS.2C2H6N.CH3.Hf/c1-7-4-3-5-8(7)10-6-9-2;2*1-3-2;;/h7-8H,3-6H2,1-2H3;2*1-2H3;1H3;/q4*-1;+4/t7-,8?;;;;/m0..../s1. The van der Waals surface area contributed by atoms with Crippen LogP contribution in [0, 0.1) is 13.3 Å². The van der Waals surface area contributed by atoms with Gasteiger partial charge in [0.15, 0.2) is 0 Å². The van der Waals surface area contributed by atoms with Gasteiger partial charge in [-0.25, -0.2) is 0 Å². The topological polar surface area (TPSA) is 42.3 Å². The molecule has 0 heterocycles. The van der Waals surface area contributed by atoms with E-state index in [4.69, 9.17) is 0 Å². The molecule has 1 fully saturated rings. The molecule has 0 saturated heterocycles. The zero-order chi connectivity index (χ0) is 12.8. The van der Waals surface area contributed by atoms with Gasteiger partial charge in [0.05, 0.1) is 0 Å². The molecule has 1 aliphatic rings. The Morgan fingerprint density at radius 1 is 1.00 bits per heavy atom. The maximum Gasteiger partial charge on any atom is 4.00 e. The van der Waals surface area contributed by atoms with Gasteiger partial charge in [-0.05, 0) is 18.8 Å². The number of hydrogen-bond acceptors (Lipinski definition) is 1. The molecule has 1 unspecified atom stereocenters. The van der Waals surface area contributed by atoms with Crippen LogP contribution < -0.4 is 0 Å². The number of nitrogens with zero attached hydrogens (tertiary/aromatic N) is 3. The van der Waals surface area contributed by atoms with Gasteiger partial charge in [-0.2, -0.15) is 47.0 Å². The van der Waals surface area contributed by atoms with Gasteiger partial charge in [0.25, 0.3) is 0 Å². The van der Waals surface area contributed by atoms with Gasteiger partial charge in [0.2, 0.25) is 0 Å². The minimum atomic E-state index is 0. The van der Waals surface area contributed by atoms with Gasteiger partial charge in [-0.15, -0.1) is 5.88 Å². The maximum absolute atomic E-state index is 4.10. The zero-order valence-corrected chi connectivity index (χ0v) is 17.6. The Labute approximate surface area is 139 Å². The molecule has 0 aromatic carbocycles. The van der Waals surface area contributed by atoms with E-state index < -0.39 is 0 Å². The van der Waals surface area contributed by atoms with Crippen molar-refractivity contribution in [1.82, 2.24) is 0 Å². The number of hydrogen-bond donors (Lipinski definition) is 0. The molecule has 0 radical (unpaired) electrons. The third-order valence-corrected chi connectivity index (χ3v) is 3.74. The van der Waals surface area contributed by atoms with E-state index in [9.17, 15) is 0 Å². The third-order valence-electron chi connectivity index (χ3n) is 2.20. The van der Waals surface area contributed by atoms with Crippen molar-refractivity contribution in [3.63, 3.8) is 0 Å². The smallest absolute Gasteiger partial charge is 0.668 e. The zero-order valence-electron chi connectivity index (χ0n) is 13.2. The van der Waals surface area contributed by atoms with Crippen molar-refractivity contribution in [3.05, 3.63) is 23.4 Å². The van der Waals surface area contributed by atoms with Crippen LogP contribution >= 0.6 is 11.8 Å². The molecular weight excluding hydrogens is 409 g/mol. The van der Waals surface area contributed by atoms with Crippen LogP contribution in [0.15, 0.2) is 0 Å². The van der Waals surface area contributed by atoms with Crippen molar-refractivity contribution in [2.45, 2.75) is 31.4 Å². The fourth-order valence-electron chi connectivity index (χ4n) is 1.53. The van der Waals surface area contributed by atoms with Crippen LogP contribution in [0.25, 0.3) is 16.0 Å². The van der Waals surface area contributed by atoms with Gasteiger partial charge in [0.1, 0.15) is 0 Å². The van der Waals surface area contributed by atoms with E-state index in [1.54, 1.807) is 28.2 Å². The molecule has 0 aliphatic heterocycles. The molecule has 108 valence electrons. The first-order valence-corrected chi connectivity index (χ1v) is 6.85. The summed E-state index contributed by atoms with van der Waals surface area (Å²) >= 11 is 2.03. The van der Waals surface area contributed by atoms with Crippen LogP contribution in [0.2, 0.25) is 0 Å². The van der Waals surface area contributed by atoms with E-state index in [1.165, 1.54) is 19.3 Å². The molecular formula is C13H31HfN3S. The minimum absolute atomic E-state index is 0. The molecule has 18 heavy (non-hydrogen) atoms.